The Morgan fingerprint density at radius 3 is 2.41 bits per heavy atom. The first-order chi connectivity index (χ1) is 13.8. The highest BCUT2D eigenvalue weighted by Crippen LogP contribution is 2.40. The monoisotopic (exact) mass is 442 g/mol. The Morgan fingerprint density at radius 1 is 1.17 bits per heavy atom. The fraction of sp³-hybridized carbons (Fsp3) is 0.158. The van der Waals surface area contributed by atoms with E-state index in [1.807, 2.05) is 0 Å². The molecule has 0 unspecified atom stereocenters. The molecule has 0 fully saturated rings. The van der Waals surface area contributed by atoms with Crippen LogP contribution in [0, 0.1) is 0 Å². The van der Waals surface area contributed by atoms with E-state index in [1.165, 1.54) is 38.5 Å². The number of benzene rings is 2. The Bertz CT molecular complexity index is 1120. The van der Waals surface area contributed by atoms with Gasteiger partial charge in [0.1, 0.15) is 0 Å². The van der Waals surface area contributed by atoms with Gasteiger partial charge in [-0.25, -0.2) is 4.98 Å². The Kier molecular flexibility index (Phi) is 6.24. The molecular weight excluding hydrogens is 429 g/mol. The van der Waals surface area contributed by atoms with Crippen LogP contribution in [-0.2, 0) is 0 Å². The van der Waals surface area contributed by atoms with Gasteiger partial charge in [0, 0.05) is 5.02 Å². The molecule has 0 aliphatic heterocycles. The molecule has 152 valence electrons. The predicted octanol–water partition coefficient (Wildman–Crippen LogP) is 4.93. The third-order valence-corrected chi connectivity index (χ3v) is 4.40. The highest BCUT2D eigenvalue weighted by molar-refractivity contribution is 6.50. The number of rotatable bonds is 6. The summed E-state index contributed by atoms with van der Waals surface area (Å²) in [6.07, 6.45) is 1.47. The molecular formula is C19H14Cl2F2N2O4. The predicted molar refractivity (Wildman–Crippen MR) is 107 cm³/mol. The summed E-state index contributed by atoms with van der Waals surface area (Å²) in [4.78, 5) is 19.2. The van der Waals surface area contributed by atoms with Crippen molar-refractivity contribution in [3.63, 3.8) is 0 Å². The van der Waals surface area contributed by atoms with Gasteiger partial charge in [-0.05, 0) is 42.0 Å². The Labute approximate surface area is 173 Å². The number of aromatic nitrogens is 2. The highest BCUT2D eigenvalue weighted by Gasteiger charge is 2.18. The summed E-state index contributed by atoms with van der Waals surface area (Å²) < 4.78 is 40.0. The number of hydrogen-bond donors (Lipinski definition) is 1. The zero-order valence-electron chi connectivity index (χ0n) is 15.1. The molecule has 1 N–H and O–H groups in total. The summed E-state index contributed by atoms with van der Waals surface area (Å²) in [6, 6.07) is 7.57. The number of nitrogens with zero attached hydrogens (tertiary/aromatic N) is 1. The zero-order valence-corrected chi connectivity index (χ0v) is 16.6. The minimum Gasteiger partial charge on any atom is -0.493 e. The molecule has 1 aromatic heterocycles. The highest BCUT2D eigenvalue weighted by atomic mass is 35.5. The summed E-state index contributed by atoms with van der Waals surface area (Å²) in [5.74, 6) is -0.0744. The maximum Gasteiger partial charge on any atom is 0.387 e. The second kappa shape index (κ2) is 8.67. The van der Waals surface area contributed by atoms with E-state index in [0.29, 0.717) is 21.5 Å². The molecule has 0 radical (unpaired) electrons. The SMILES string of the molecule is COc1cc(/C=C(\Cl)c2nc3ccc(Cl)cc3c(=O)[nH]2)cc(OC)c1OC(F)F. The minimum absolute atomic E-state index is 0.0231. The van der Waals surface area contributed by atoms with E-state index < -0.39 is 12.2 Å². The second-order valence-corrected chi connectivity index (χ2v) is 6.54. The van der Waals surface area contributed by atoms with Crippen molar-refractivity contribution < 1.29 is 23.0 Å². The van der Waals surface area contributed by atoms with Crippen LogP contribution in [0.15, 0.2) is 35.1 Å². The van der Waals surface area contributed by atoms with Crippen LogP contribution in [0.2, 0.25) is 5.02 Å². The topological polar surface area (TPSA) is 73.4 Å². The largest absolute Gasteiger partial charge is 0.493 e. The Hall–Kier alpha value is -2.84. The van der Waals surface area contributed by atoms with E-state index in [1.54, 1.807) is 12.1 Å². The van der Waals surface area contributed by atoms with Crippen LogP contribution < -0.4 is 19.8 Å². The van der Waals surface area contributed by atoms with Crippen LogP contribution in [-0.4, -0.2) is 30.8 Å². The molecule has 29 heavy (non-hydrogen) atoms. The van der Waals surface area contributed by atoms with E-state index in [2.05, 4.69) is 14.7 Å². The average Bonchev–Trinajstić information content (AvgIpc) is 2.68. The van der Waals surface area contributed by atoms with Gasteiger partial charge in [0.05, 0.1) is 30.2 Å². The van der Waals surface area contributed by atoms with Gasteiger partial charge in [-0.3, -0.25) is 4.79 Å². The first-order valence-corrected chi connectivity index (χ1v) is 8.86. The van der Waals surface area contributed by atoms with E-state index >= 15 is 0 Å². The molecule has 3 aromatic rings. The van der Waals surface area contributed by atoms with Gasteiger partial charge >= 0.3 is 6.61 Å². The number of halogens is 4. The lowest BCUT2D eigenvalue weighted by atomic mass is 10.1. The molecule has 1 heterocycles. The smallest absolute Gasteiger partial charge is 0.387 e. The van der Waals surface area contributed by atoms with E-state index in [-0.39, 0.29) is 28.1 Å². The van der Waals surface area contributed by atoms with Crippen molar-refractivity contribution in [2.45, 2.75) is 6.61 Å². The molecule has 0 spiro atoms. The summed E-state index contributed by atoms with van der Waals surface area (Å²) in [7, 11) is 2.60. The Balaban J connectivity index is 2.06. The van der Waals surface area contributed by atoms with Crippen LogP contribution in [0.5, 0.6) is 17.2 Å². The number of ether oxygens (including phenoxy) is 3. The molecule has 10 heteroatoms. The first kappa shape index (κ1) is 20.9. The number of aromatic amines is 1. The number of nitrogens with one attached hydrogen (secondary N) is 1. The lowest BCUT2D eigenvalue weighted by Crippen LogP contribution is -2.10. The van der Waals surface area contributed by atoms with E-state index in [0.717, 1.165) is 0 Å². The van der Waals surface area contributed by atoms with Gasteiger partial charge in [-0.1, -0.05) is 23.2 Å². The fourth-order valence-corrected chi connectivity index (χ4v) is 3.02. The van der Waals surface area contributed by atoms with E-state index in [4.69, 9.17) is 32.7 Å². The van der Waals surface area contributed by atoms with Crippen molar-refractivity contribution in [1.29, 1.82) is 0 Å². The second-order valence-electron chi connectivity index (χ2n) is 5.70. The molecule has 0 saturated carbocycles. The standard InChI is InChI=1S/C19H14Cl2F2N2O4/c1-27-14-6-9(7-15(28-2)16(14)29-19(22)23)5-12(21)17-24-13-4-3-10(20)8-11(13)18(26)25-17/h3-8,19H,1-2H3,(H,24,25,26)/b12-5-. The molecule has 3 rings (SSSR count). The van der Waals surface area contributed by atoms with Gasteiger partial charge in [0.15, 0.2) is 17.3 Å². The van der Waals surface area contributed by atoms with Crippen molar-refractivity contribution in [2.75, 3.05) is 14.2 Å². The van der Waals surface area contributed by atoms with Crippen LogP contribution >= 0.6 is 23.2 Å². The van der Waals surface area contributed by atoms with Crippen LogP contribution in [0.3, 0.4) is 0 Å². The average molecular weight is 443 g/mol. The number of hydrogen-bond acceptors (Lipinski definition) is 5. The molecule has 6 nitrogen and oxygen atoms in total. The molecule has 0 amide bonds. The number of H-pyrrole nitrogens is 1. The normalized spacial score (nSPS) is 11.8. The number of methoxy groups -OCH3 is 2. The van der Waals surface area contributed by atoms with E-state index in [9.17, 15) is 13.6 Å². The number of fused-ring (bicyclic) bond motifs is 1. The lowest BCUT2D eigenvalue weighted by molar-refractivity contribution is -0.0526. The van der Waals surface area contributed by atoms with Gasteiger partial charge in [0.25, 0.3) is 5.56 Å². The minimum atomic E-state index is -3.05. The quantitative estimate of drug-likeness (QED) is 0.585. The van der Waals surface area contributed by atoms with Crippen molar-refractivity contribution in [3.05, 3.63) is 57.1 Å². The summed E-state index contributed by atoms with van der Waals surface area (Å²) in [5, 5.41) is 0.831. The summed E-state index contributed by atoms with van der Waals surface area (Å²) in [6.45, 7) is -3.05. The molecule has 0 saturated heterocycles. The third-order valence-electron chi connectivity index (χ3n) is 3.88. The van der Waals surface area contributed by atoms with Crippen LogP contribution in [0.25, 0.3) is 22.0 Å². The lowest BCUT2D eigenvalue weighted by Gasteiger charge is -2.14. The Morgan fingerprint density at radius 2 is 1.83 bits per heavy atom. The van der Waals surface area contributed by atoms with Crippen molar-refractivity contribution in [3.8, 4) is 17.2 Å². The van der Waals surface area contributed by atoms with Gasteiger partial charge in [-0.15, -0.1) is 0 Å². The molecule has 2 aromatic carbocycles. The van der Waals surface area contributed by atoms with Crippen molar-refractivity contribution in [1.82, 2.24) is 9.97 Å². The maximum atomic E-state index is 12.7. The van der Waals surface area contributed by atoms with Crippen molar-refractivity contribution in [2.24, 2.45) is 0 Å². The third kappa shape index (κ3) is 4.60. The van der Waals surface area contributed by atoms with Gasteiger partial charge in [0.2, 0.25) is 5.75 Å². The summed E-state index contributed by atoms with van der Waals surface area (Å²) >= 11 is 12.2. The molecule has 0 bridgehead atoms. The summed E-state index contributed by atoms with van der Waals surface area (Å²) in [5.41, 5.74) is 0.453. The fourth-order valence-electron chi connectivity index (χ4n) is 2.63. The molecule has 0 aliphatic rings. The zero-order chi connectivity index (χ0) is 21.1. The van der Waals surface area contributed by atoms with Crippen LogP contribution in [0.4, 0.5) is 8.78 Å². The molecule has 0 aliphatic carbocycles. The van der Waals surface area contributed by atoms with Gasteiger partial charge < -0.3 is 19.2 Å². The first-order valence-electron chi connectivity index (χ1n) is 8.10. The maximum absolute atomic E-state index is 12.7. The van der Waals surface area contributed by atoms with Crippen LogP contribution in [0.1, 0.15) is 11.4 Å². The number of alkyl halides is 2. The van der Waals surface area contributed by atoms with Gasteiger partial charge in [-0.2, -0.15) is 8.78 Å². The molecule has 0 atom stereocenters. The van der Waals surface area contributed by atoms with Crippen molar-refractivity contribution >= 4 is 45.2 Å².